The number of halogens is 2. The van der Waals surface area contributed by atoms with Gasteiger partial charge in [0, 0.05) is 22.0 Å². The molecule has 0 fully saturated rings. The molecule has 0 atom stereocenters. The van der Waals surface area contributed by atoms with E-state index in [1.54, 1.807) is 17.4 Å². The second-order valence-electron chi connectivity index (χ2n) is 4.30. The van der Waals surface area contributed by atoms with Crippen LogP contribution in [0.2, 0.25) is 5.02 Å². The fourth-order valence-corrected chi connectivity index (χ4v) is 3.01. The van der Waals surface area contributed by atoms with Gasteiger partial charge in [-0.25, -0.2) is 4.39 Å². The van der Waals surface area contributed by atoms with Crippen LogP contribution in [-0.2, 0) is 6.54 Å². The van der Waals surface area contributed by atoms with Crippen molar-refractivity contribution >= 4 is 38.7 Å². The third-order valence-electron chi connectivity index (χ3n) is 2.87. The Morgan fingerprint density at radius 3 is 2.84 bits per heavy atom. The molecule has 2 aromatic carbocycles. The van der Waals surface area contributed by atoms with Crippen LogP contribution in [0.3, 0.4) is 0 Å². The Hall–Kier alpha value is -1.58. The van der Waals surface area contributed by atoms with E-state index in [4.69, 9.17) is 11.6 Å². The van der Waals surface area contributed by atoms with Crippen LogP contribution in [0.5, 0.6) is 0 Å². The van der Waals surface area contributed by atoms with Crippen LogP contribution in [0.4, 0.5) is 10.1 Å². The van der Waals surface area contributed by atoms with Gasteiger partial charge in [0.05, 0.1) is 0 Å². The number of nitrogens with one attached hydrogen (secondary N) is 1. The highest BCUT2D eigenvalue weighted by Crippen LogP contribution is 2.24. The van der Waals surface area contributed by atoms with Gasteiger partial charge in [0.25, 0.3) is 0 Å². The van der Waals surface area contributed by atoms with Crippen LogP contribution in [0.25, 0.3) is 10.1 Å². The molecule has 0 bridgehead atoms. The first kappa shape index (κ1) is 12.5. The Morgan fingerprint density at radius 2 is 2.00 bits per heavy atom. The minimum atomic E-state index is -0.308. The highest BCUT2D eigenvalue weighted by Gasteiger charge is 2.01. The van der Waals surface area contributed by atoms with Gasteiger partial charge in [0.1, 0.15) is 5.82 Å². The molecule has 0 spiro atoms. The Labute approximate surface area is 119 Å². The van der Waals surface area contributed by atoms with Crippen molar-refractivity contribution < 1.29 is 4.39 Å². The lowest BCUT2D eigenvalue weighted by Gasteiger charge is -2.07. The highest BCUT2D eigenvalue weighted by molar-refractivity contribution is 7.17. The van der Waals surface area contributed by atoms with E-state index >= 15 is 0 Å². The van der Waals surface area contributed by atoms with Gasteiger partial charge in [0.2, 0.25) is 0 Å². The van der Waals surface area contributed by atoms with Gasteiger partial charge in [-0.1, -0.05) is 11.6 Å². The monoisotopic (exact) mass is 291 g/mol. The van der Waals surface area contributed by atoms with Crippen molar-refractivity contribution in [1.82, 2.24) is 0 Å². The summed E-state index contributed by atoms with van der Waals surface area (Å²) >= 11 is 7.55. The first-order valence-electron chi connectivity index (χ1n) is 5.87. The number of hydrogen-bond acceptors (Lipinski definition) is 2. The van der Waals surface area contributed by atoms with Gasteiger partial charge in [-0.3, -0.25) is 0 Å². The predicted octanol–water partition coefficient (Wildman–Crippen LogP) is 5.31. The third kappa shape index (κ3) is 2.88. The quantitative estimate of drug-likeness (QED) is 0.690. The third-order valence-corrected chi connectivity index (χ3v) is 3.99. The van der Waals surface area contributed by atoms with E-state index in [0.29, 0.717) is 11.6 Å². The van der Waals surface area contributed by atoms with Crippen molar-refractivity contribution in [2.45, 2.75) is 6.54 Å². The maximum atomic E-state index is 13.2. The average molecular weight is 292 g/mol. The molecule has 0 aliphatic carbocycles. The lowest BCUT2D eigenvalue weighted by atomic mass is 10.2. The van der Waals surface area contributed by atoms with E-state index in [1.807, 2.05) is 6.07 Å². The van der Waals surface area contributed by atoms with Gasteiger partial charge in [-0.2, -0.15) is 0 Å². The van der Waals surface area contributed by atoms with E-state index in [1.165, 1.54) is 22.2 Å². The van der Waals surface area contributed by atoms with Crippen LogP contribution in [0, 0.1) is 5.82 Å². The van der Waals surface area contributed by atoms with Gasteiger partial charge < -0.3 is 5.32 Å². The maximum Gasteiger partial charge on any atom is 0.125 e. The van der Waals surface area contributed by atoms with Crippen LogP contribution in [0.1, 0.15) is 5.56 Å². The lowest BCUT2D eigenvalue weighted by molar-refractivity contribution is 0.626. The molecule has 0 saturated heterocycles. The Bertz CT molecular complexity index is 703. The van der Waals surface area contributed by atoms with Crippen LogP contribution < -0.4 is 5.32 Å². The summed E-state index contributed by atoms with van der Waals surface area (Å²) in [7, 11) is 0. The van der Waals surface area contributed by atoms with Gasteiger partial charge in [-0.15, -0.1) is 11.3 Å². The number of thiophene rings is 1. The Morgan fingerprint density at radius 1 is 1.11 bits per heavy atom. The molecule has 1 N–H and O–H groups in total. The number of fused-ring (bicyclic) bond motifs is 1. The minimum absolute atomic E-state index is 0.308. The van der Waals surface area contributed by atoms with Crippen LogP contribution >= 0.6 is 22.9 Å². The predicted molar refractivity (Wildman–Crippen MR) is 80.6 cm³/mol. The zero-order valence-corrected chi connectivity index (χ0v) is 11.6. The molecule has 0 amide bonds. The normalized spacial score (nSPS) is 10.8. The van der Waals surface area contributed by atoms with Crippen molar-refractivity contribution in [1.29, 1.82) is 0 Å². The summed E-state index contributed by atoms with van der Waals surface area (Å²) in [6.07, 6.45) is 0. The summed E-state index contributed by atoms with van der Waals surface area (Å²) in [6.45, 7) is 0.549. The van der Waals surface area contributed by atoms with Crippen LogP contribution in [0.15, 0.2) is 47.8 Å². The second-order valence-corrected chi connectivity index (χ2v) is 5.69. The Kier molecular flexibility index (Phi) is 3.40. The van der Waals surface area contributed by atoms with Gasteiger partial charge in [0.15, 0.2) is 0 Å². The van der Waals surface area contributed by atoms with Crippen molar-refractivity contribution in [3.63, 3.8) is 0 Å². The molecular weight excluding hydrogens is 281 g/mol. The van der Waals surface area contributed by atoms with Crippen LogP contribution in [-0.4, -0.2) is 0 Å². The van der Waals surface area contributed by atoms with E-state index in [0.717, 1.165) is 11.3 Å². The average Bonchev–Trinajstić information content (AvgIpc) is 2.82. The molecule has 1 heterocycles. The van der Waals surface area contributed by atoms with E-state index in [9.17, 15) is 4.39 Å². The van der Waals surface area contributed by atoms with Gasteiger partial charge in [-0.05, 0) is 58.8 Å². The minimum Gasteiger partial charge on any atom is -0.381 e. The van der Waals surface area contributed by atoms with Crippen molar-refractivity contribution in [2.75, 3.05) is 5.32 Å². The standard InChI is InChI=1S/C15H11ClFNS/c16-12-5-10(6-13(17)8-12)9-18-14-1-2-15-11(7-14)3-4-19-15/h1-8,18H,9H2. The fourth-order valence-electron chi connectivity index (χ4n) is 1.99. The first-order valence-corrected chi connectivity index (χ1v) is 7.12. The highest BCUT2D eigenvalue weighted by atomic mass is 35.5. The number of rotatable bonds is 3. The van der Waals surface area contributed by atoms with Crippen molar-refractivity contribution in [3.8, 4) is 0 Å². The molecule has 3 aromatic rings. The number of benzene rings is 2. The molecule has 0 saturated carbocycles. The fraction of sp³-hybridized carbons (Fsp3) is 0.0667. The van der Waals surface area contributed by atoms with E-state index in [2.05, 4.69) is 28.9 Å². The largest absolute Gasteiger partial charge is 0.381 e. The molecule has 0 radical (unpaired) electrons. The molecule has 19 heavy (non-hydrogen) atoms. The summed E-state index contributed by atoms with van der Waals surface area (Å²) in [5, 5.41) is 6.98. The summed E-state index contributed by atoms with van der Waals surface area (Å²) in [4.78, 5) is 0. The SMILES string of the molecule is Fc1cc(Cl)cc(CNc2ccc3sccc3c2)c1. The molecule has 3 rings (SSSR count). The molecule has 1 nitrogen and oxygen atoms in total. The first-order chi connectivity index (χ1) is 9.20. The molecule has 1 aromatic heterocycles. The molecule has 0 aliphatic rings. The summed E-state index contributed by atoms with van der Waals surface area (Å²) in [6, 6.07) is 12.9. The lowest BCUT2D eigenvalue weighted by Crippen LogP contribution is -1.99. The molecular formula is C15H11ClFNS. The molecule has 96 valence electrons. The number of hydrogen-bond donors (Lipinski definition) is 1. The smallest absolute Gasteiger partial charge is 0.125 e. The summed E-state index contributed by atoms with van der Waals surface area (Å²) < 4.78 is 14.5. The van der Waals surface area contributed by atoms with Gasteiger partial charge >= 0.3 is 0 Å². The molecule has 0 unspecified atom stereocenters. The summed E-state index contributed by atoms with van der Waals surface area (Å²) in [5.41, 5.74) is 1.85. The zero-order valence-electron chi connectivity index (χ0n) is 9.99. The Balaban J connectivity index is 1.77. The maximum absolute atomic E-state index is 13.2. The second kappa shape index (κ2) is 5.19. The zero-order chi connectivity index (χ0) is 13.2. The van der Waals surface area contributed by atoms with Crippen molar-refractivity contribution in [2.24, 2.45) is 0 Å². The van der Waals surface area contributed by atoms with Crippen molar-refractivity contribution in [3.05, 3.63) is 64.2 Å². The van der Waals surface area contributed by atoms with E-state index < -0.39 is 0 Å². The molecule has 0 aliphatic heterocycles. The van der Waals surface area contributed by atoms with E-state index in [-0.39, 0.29) is 5.82 Å². The number of anilines is 1. The summed E-state index contributed by atoms with van der Waals surface area (Å²) in [5.74, 6) is -0.308. The topological polar surface area (TPSA) is 12.0 Å². The molecule has 4 heteroatoms.